The molecule has 1 aliphatic rings. The first-order valence-corrected chi connectivity index (χ1v) is 6.44. The zero-order valence-corrected chi connectivity index (χ0v) is 11.5. The van der Waals surface area contributed by atoms with E-state index in [9.17, 15) is 14.0 Å². The van der Waals surface area contributed by atoms with Gasteiger partial charge in [-0.2, -0.15) is 0 Å². The molecule has 0 radical (unpaired) electrons. The van der Waals surface area contributed by atoms with Gasteiger partial charge in [-0.1, -0.05) is 6.07 Å². The topological polar surface area (TPSA) is 76.1 Å². The van der Waals surface area contributed by atoms with Gasteiger partial charge < -0.3 is 19.5 Å². The number of carbonyl (C=O) groups is 2. The van der Waals surface area contributed by atoms with Crippen LogP contribution in [0.2, 0.25) is 0 Å². The highest BCUT2D eigenvalue weighted by Crippen LogP contribution is 2.21. The molecule has 21 heavy (non-hydrogen) atoms. The van der Waals surface area contributed by atoms with Crippen LogP contribution in [-0.4, -0.2) is 54.3 Å². The second-order valence-electron chi connectivity index (χ2n) is 4.74. The van der Waals surface area contributed by atoms with Crippen molar-refractivity contribution < 1.29 is 28.6 Å². The van der Waals surface area contributed by atoms with Crippen LogP contribution in [0.4, 0.5) is 4.39 Å². The van der Waals surface area contributed by atoms with Crippen LogP contribution in [0.15, 0.2) is 24.3 Å². The Morgan fingerprint density at radius 1 is 1.48 bits per heavy atom. The number of methoxy groups -OCH3 is 1. The number of carbonyl (C=O) groups excluding carboxylic acids is 1. The molecule has 1 aromatic rings. The SMILES string of the molecule is COC1CC(C(=O)O)N(C(=O)COc2cccc(F)c2)C1. The Balaban J connectivity index is 1.97. The van der Waals surface area contributed by atoms with Gasteiger partial charge in [-0.3, -0.25) is 4.79 Å². The molecule has 2 atom stereocenters. The van der Waals surface area contributed by atoms with Crippen molar-refractivity contribution in [2.45, 2.75) is 18.6 Å². The summed E-state index contributed by atoms with van der Waals surface area (Å²) in [6, 6.07) is 4.49. The highest BCUT2D eigenvalue weighted by molar-refractivity contribution is 5.85. The van der Waals surface area contributed by atoms with Gasteiger partial charge in [0.05, 0.1) is 6.10 Å². The van der Waals surface area contributed by atoms with Crippen molar-refractivity contribution >= 4 is 11.9 Å². The number of likely N-dealkylation sites (tertiary alicyclic amines) is 1. The quantitative estimate of drug-likeness (QED) is 0.874. The molecule has 0 aromatic heterocycles. The maximum Gasteiger partial charge on any atom is 0.326 e. The summed E-state index contributed by atoms with van der Waals surface area (Å²) in [5.74, 6) is -1.79. The number of carboxylic acid groups (broad SMARTS) is 1. The van der Waals surface area contributed by atoms with Crippen molar-refractivity contribution in [3.63, 3.8) is 0 Å². The van der Waals surface area contributed by atoms with Gasteiger partial charge in [-0.25, -0.2) is 9.18 Å². The summed E-state index contributed by atoms with van der Waals surface area (Å²) in [4.78, 5) is 24.4. The van der Waals surface area contributed by atoms with Crippen LogP contribution in [0.25, 0.3) is 0 Å². The van der Waals surface area contributed by atoms with E-state index >= 15 is 0 Å². The number of carboxylic acids is 1. The van der Waals surface area contributed by atoms with Gasteiger partial charge in [-0.15, -0.1) is 0 Å². The number of halogens is 1. The number of aliphatic carboxylic acids is 1. The van der Waals surface area contributed by atoms with Gasteiger partial charge >= 0.3 is 5.97 Å². The standard InChI is InChI=1S/C14H16FNO5/c1-20-11-6-12(14(18)19)16(7-11)13(17)8-21-10-4-2-3-9(15)5-10/h2-5,11-12H,6-8H2,1H3,(H,18,19). The minimum absolute atomic E-state index is 0.207. The number of benzene rings is 1. The number of amides is 1. The van der Waals surface area contributed by atoms with Crippen LogP contribution < -0.4 is 4.74 Å². The van der Waals surface area contributed by atoms with E-state index in [1.165, 1.54) is 30.2 Å². The minimum Gasteiger partial charge on any atom is -0.484 e. The fourth-order valence-corrected chi connectivity index (χ4v) is 2.26. The van der Waals surface area contributed by atoms with Crippen LogP contribution >= 0.6 is 0 Å². The maximum absolute atomic E-state index is 13.0. The Morgan fingerprint density at radius 2 is 2.24 bits per heavy atom. The highest BCUT2D eigenvalue weighted by Gasteiger charge is 2.39. The molecule has 6 nitrogen and oxygen atoms in total. The summed E-state index contributed by atoms with van der Waals surface area (Å²) >= 11 is 0. The Bertz CT molecular complexity index is 536. The van der Waals surface area contributed by atoms with Crippen molar-refractivity contribution in [2.24, 2.45) is 0 Å². The molecule has 1 heterocycles. The predicted octanol–water partition coefficient (Wildman–Crippen LogP) is 0.905. The summed E-state index contributed by atoms with van der Waals surface area (Å²) in [6.07, 6.45) is -0.0541. The first kappa shape index (κ1) is 15.2. The van der Waals surface area contributed by atoms with Gasteiger partial charge in [0.15, 0.2) is 6.61 Å². The largest absolute Gasteiger partial charge is 0.484 e. The molecular weight excluding hydrogens is 281 g/mol. The smallest absolute Gasteiger partial charge is 0.326 e. The third-order valence-electron chi connectivity index (χ3n) is 3.36. The Labute approximate surface area is 121 Å². The molecule has 1 N–H and O–H groups in total. The lowest BCUT2D eigenvalue weighted by molar-refractivity contribution is -0.148. The Morgan fingerprint density at radius 3 is 2.86 bits per heavy atom. The number of hydrogen-bond donors (Lipinski definition) is 1. The van der Waals surface area contributed by atoms with E-state index in [0.29, 0.717) is 0 Å². The highest BCUT2D eigenvalue weighted by atomic mass is 19.1. The zero-order chi connectivity index (χ0) is 15.4. The third kappa shape index (κ3) is 3.69. The fraction of sp³-hybridized carbons (Fsp3) is 0.429. The van der Waals surface area contributed by atoms with E-state index in [1.54, 1.807) is 0 Å². The molecule has 1 saturated heterocycles. The zero-order valence-electron chi connectivity index (χ0n) is 11.5. The monoisotopic (exact) mass is 297 g/mol. The summed E-state index contributed by atoms with van der Waals surface area (Å²) in [5.41, 5.74) is 0. The van der Waals surface area contributed by atoms with E-state index in [2.05, 4.69) is 0 Å². The predicted molar refractivity (Wildman–Crippen MR) is 70.4 cm³/mol. The molecule has 1 aliphatic heterocycles. The van der Waals surface area contributed by atoms with Gasteiger partial charge in [0.1, 0.15) is 17.6 Å². The van der Waals surface area contributed by atoms with Crippen molar-refractivity contribution in [3.8, 4) is 5.75 Å². The summed E-state index contributed by atoms with van der Waals surface area (Å²) in [5, 5.41) is 9.13. The van der Waals surface area contributed by atoms with Gasteiger partial charge in [-0.05, 0) is 12.1 Å². The minimum atomic E-state index is -1.08. The normalized spacial score (nSPS) is 21.3. The molecule has 0 bridgehead atoms. The summed E-state index contributed by atoms with van der Waals surface area (Å²) < 4.78 is 23.3. The summed E-state index contributed by atoms with van der Waals surface area (Å²) in [7, 11) is 1.47. The van der Waals surface area contributed by atoms with Crippen LogP contribution in [0.1, 0.15) is 6.42 Å². The lowest BCUT2D eigenvalue weighted by atomic mass is 10.2. The second-order valence-corrected chi connectivity index (χ2v) is 4.74. The van der Waals surface area contributed by atoms with E-state index < -0.39 is 23.7 Å². The Hall–Kier alpha value is -2.15. The molecule has 1 fully saturated rings. The number of rotatable bonds is 5. The second kappa shape index (κ2) is 6.53. The molecule has 0 aliphatic carbocycles. The van der Waals surface area contributed by atoms with Gasteiger partial charge in [0.2, 0.25) is 0 Å². The average Bonchev–Trinajstić information content (AvgIpc) is 2.89. The van der Waals surface area contributed by atoms with Crippen LogP contribution in [0.5, 0.6) is 5.75 Å². The fourth-order valence-electron chi connectivity index (χ4n) is 2.26. The Kier molecular flexibility index (Phi) is 4.74. The van der Waals surface area contributed by atoms with Crippen molar-refractivity contribution in [3.05, 3.63) is 30.1 Å². The van der Waals surface area contributed by atoms with Crippen molar-refractivity contribution in [1.82, 2.24) is 4.90 Å². The molecule has 2 rings (SSSR count). The molecule has 0 spiro atoms. The van der Waals surface area contributed by atoms with Crippen molar-refractivity contribution in [2.75, 3.05) is 20.3 Å². The number of hydrogen-bond acceptors (Lipinski definition) is 4. The molecule has 1 aromatic carbocycles. The first-order chi connectivity index (χ1) is 10.0. The van der Waals surface area contributed by atoms with E-state index in [-0.39, 0.29) is 31.4 Å². The maximum atomic E-state index is 13.0. The van der Waals surface area contributed by atoms with Gasteiger partial charge in [0, 0.05) is 26.1 Å². The average molecular weight is 297 g/mol. The van der Waals surface area contributed by atoms with Crippen LogP contribution in [0.3, 0.4) is 0 Å². The molecule has 0 saturated carbocycles. The first-order valence-electron chi connectivity index (χ1n) is 6.44. The third-order valence-corrected chi connectivity index (χ3v) is 3.36. The lowest BCUT2D eigenvalue weighted by Crippen LogP contribution is -2.43. The van der Waals surface area contributed by atoms with Crippen molar-refractivity contribution in [1.29, 1.82) is 0 Å². The lowest BCUT2D eigenvalue weighted by Gasteiger charge is -2.21. The van der Waals surface area contributed by atoms with E-state index in [1.807, 2.05) is 0 Å². The van der Waals surface area contributed by atoms with E-state index in [0.717, 1.165) is 6.07 Å². The summed E-state index contributed by atoms with van der Waals surface area (Å²) in [6.45, 7) is -0.136. The molecular formula is C14H16FNO5. The van der Waals surface area contributed by atoms with Crippen LogP contribution in [-0.2, 0) is 14.3 Å². The molecule has 114 valence electrons. The molecule has 2 unspecified atom stereocenters. The molecule has 7 heteroatoms. The molecule has 1 amide bonds. The number of ether oxygens (including phenoxy) is 2. The van der Waals surface area contributed by atoms with Crippen LogP contribution in [0, 0.1) is 5.82 Å². The van der Waals surface area contributed by atoms with Gasteiger partial charge in [0.25, 0.3) is 5.91 Å². The van der Waals surface area contributed by atoms with E-state index in [4.69, 9.17) is 14.6 Å². The number of nitrogens with zero attached hydrogens (tertiary/aromatic N) is 1.